The molecule has 1 fully saturated rings. The highest BCUT2D eigenvalue weighted by atomic mass is 35.5. The van der Waals surface area contributed by atoms with E-state index in [0.29, 0.717) is 24.4 Å². The van der Waals surface area contributed by atoms with Crippen molar-refractivity contribution in [2.45, 2.75) is 24.8 Å². The molecule has 1 saturated heterocycles. The number of carbonyl (C=O) groups is 2. The number of nitrogens with two attached hydrogens (primary N) is 1. The van der Waals surface area contributed by atoms with Gasteiger partial charge in [-0.05, 0) is 31.0 Å². The van der Waals surface area contributed by atoms with Crippen LogP contribution in [0.15, 0.2) is 18.2 Å². The zero-order chi connectivity index (χ0) is 17.9. The number of rotatable bonds is 5. The molecule has 0 bridgehead atoms. The molecular formula is C15H17Cl2F2N3O2. The minimum atomic E-state index is -3.17. The Morgan fingerprint density at radius 2 is 2.04 bits per heavy atom. The molecule has 1 aromatic rings. The van der Waals surface area contributed by atoms with Gasteiger partial charge in [0.15, 0.2) is 0 Å². The molecule has 0 aliphatic carbocycles. The van der Waals surface area contributed by atoms with Crippen LogP contribution in [-0.4, -0.2) is 48.3 Å². The number of benzene rings is 1. The lowest BCUT2D eigenvalue weighted by Crippen LogP contribution is -2.49. The molecule has 1 heterocycles. The number of hydrogen-bond acceptors (Lipinski definition) is 3. The molecule has 2 rings (SSSR count). The second-order valence-corrected chi connectivity index (χ2v) is 6.38. The first-order valence-corrected chi connectivity index (χ1v) is 8.12. The van der Waals surface area contributed by atoms with Crippen molar-refractivity contribution in [2.24, 2.45) is 5.73 Å². The topological polar surface area (TPSA) is 75.4 Å². The lowest BCUT2D eigenvalue weighted by molar-refractivity contribution is -0.126. The molecule has 0 aromatic heterocycles. The molecule has 0 saturated carbocycles. The Bertz CT molecular complexity index is 643. The van der Waals surface area contributed by atoms with Gasteiger partial charge in [-0.1, -0.05) is 23.2 Å². The second-order valence-electron chi connectivity index (χ2n) is 5.56. The SMILES string of the molecule is NCC(F)(F)CNC(=O)C1CCCN1C(=O)c1ccc(Cl)c(Cl)c1. The van der Waals surface area contributed by atoms with Crippen LogP contribution in [0.1, 0.15) is 23.2 Å². The fraction of sp³-hybridized carbons (Fsp3) is 0.467. The lowest BCUT2D eigenvalue weighted by Gasteiger charge is -2.25. The fourth-order valence-electron chi connectivity index (χ4n) is 2.48. The van der Waals surface area contributed by atoms with Crippen LogP contribution in [0.2, 0.25) is 10.0 Å². The standard InChI is InChI=1S/C15H17Cl2F2N3O2/c16-10-4-3-9(6-11(10)17)14(24)22-5-1-2-12(22)13(23)21-8-15(18,19)7-20/h3-4,6,12H,1-2,5,7-8,20H2,(H,21,23). The molecule has 132 valence electrons. The van der Waals surface area contributed by atoms with Crippen molar-refractivity contribution in [1.82, 2.24) is 10.2 Å². The number of halogens is 4. The van der Waals surface area contributed by atoms with Gasteiger partial charge in [0, 0.05) is 12.1 Å². The van der Waals surface area contributed by atoms with Crippen LogP contribution in [0.25, 0.3) is 0 Å². The van der Waals surface area contributed by atoms with Crippen LogP contribution in [0, 0.1) is 0 Å². The van der Waals surface area contributed by atoms with Crippen molar-refractivity contribution in [3.8, 4) is 0 Å². The monoisotopic (exact) mass is 379 g/mol. The summed E-state index contributed by atoms with van der Waals surface area (Å²) in [6.07, 6.45) is 1.02. The molecule has 5 nitrogen and oxygen atoms in total. The summed E-state index contributed by atoms with van der Waals surface area (Å²) in [5, 5.41) is 2.70. The Labute approximate surface area is 148 Å². The summed E-state index contributed by atoms with van der Waals surface area (Å²) in [5.41, 5.74) is 5.22. The summed E-state index contributed by atoms with van der Waals surface area (Å²) >= 11 is 11.7. The highest BCUT2D eigenvalue weighted by Gasteiger charge is 2.36. The van der Waals surface area contributed by atoms with E-state index >= 15 is 0 Å². The highest BCUT2D eigenvalue weighted by Crippen LogP contribution is 2.26. The smallest absolute Gasteiger partial charge is 0.277 e. The average Bonchev–Trinajstić information content (AvgIpc) is 3.04. The number of nitrogens with one attached hydrogen (secondary N) is 1. The average molecular weight is 380 g/mol. The predicted molar refractivity (Wildman–Crippen MR) is 87.5 cm³/mol. The van der Waals surface area contributed by atoms with Crippen molar-refractivity contribution in [1.29, 1.82) is 0 Å². The number of hydrogen-bond donors (Lipinski definition) is 2. The molecule has 0 radical (unpaired) electrons. The quantitative estimate of drug-likeness (QED) is 0.823. The minimum Gasteiger partial charge on any atom is -0.348 e. The van der Waals surface area contributed by atoms with E-state index in [2.05, 4.69) is 5.32 Å². The van der Waals surface area contributed by atoms with E-state index in [9.17, 15) is 18.4 Å². The number of alkyl halides is 2. The third kappa shape index (κ3) is 4.34. The van der Waals surface area contributed by atoms with E-state index < -0.39 is 36.9 Å². The van der Waals surface area contributed by atoms with Gasteiger partial charge in [0.1, 0.15) is 6.04 Å². The molecule has 1 atom stereocenters. The first-order chi connectivity index (χ1) is 11.2. The maximum Gasteiger partial charge on any atom is 0.277 e. The molecule has 24 heavy (non-hydrogen) atoms. The minimum absolute atomic E-state index is 0.227. The van der Waals surface area contributed by atoms with E-state index in [-0.39, 0.29) is 10.6 Å². The largest absolute Gasteiger partial charge is 0.348 e. The van der Waals surface area contributed by atoms with E-state index in [0.717, 1.165) is 0 Å². The van der Waals surface area contributed by atoms with E-state index in [1.165, 1.54) is 23.1 Å². The van der Waals surface area contributed by atoms with Gasteiger partial charge in [-0.25, -0.2) is 8.78 Å². The van der Waals surface area contributed by atoms with Crippen LogP contribution in [0.4, 0.5) is 8.78 Å². The molecule has 0 spiro atoms. The van der Waals surface area contributed by atoms with Crippen molar-refractivity contribution < 1.29 is 18.4 Å². The predicted octanol–water partition coefficient (Wildman–Crippen LogP) is 2.31. The zero-order valence-electron chi connectivity index (χ0n) is 12.7. The Kier molecular flexibility index (Phi) is 6.01. The molecule has 2 amide bonds. The second kappa shape index (κ2) is 7.63. The molecule has 1 unspecified atom stereocenters. The molecule has 1 aliphatic rings. The fourth-order valence-corrected chi connectivity index (χ4v) is 2.78. The number of likely N-dealkylation sites (tertiary alicyclic amines) is 1. The van der Waals surface area contributed by atoms with E-state index in [1.54, 1.807) is 0 Å². The summed E-state index contributed by atoms with van der Waals surface area (Å²) in [5.74, 6) is -4.18. The van der Waals surface area contributed by atoms with Crippen LogP contribution in [-0.2, 0) is 4.79 Å². The van der Waals surface area contributed by atoms with Gasteiger partial charge in [-0.2, -0.15) is 0 Å². The van der Waals surface area contributed by atoms with Crippen LogP contribution < -0.4 is 11.1 Å². The van der Waals surface area contributed by atoms with Crippen molar-refractivity contribution >= 4 is 35.0 Å². The molecule has 1 aliphatic heterocycles. The number of nitrogens with zero attached hydrogens (tertiary/aromatic N) is 1. The van der Waals surface area contributed by atoms with E-state index in [1.807, 2.05) is 0 Å². The third-order valence-electron chi connectivity index (χ3n) is 3.80. The summed E-state index contributed by atoms with van der Waals surface area (Å²) in [6, 6.07) is 3.62. The van der Waals surface area contributed by atoms with Gasteiger partial charge in [-0.15, -0.1) is 0 Å². The lowest BCUT2D eigenvalue weighted by atomic mass is 10.1. The summed E-state index contributed by atoms with van der Waals surface area (Å²) in [4.78, 5) is 26.1. The Hall–Kier alpha value is -1.44. The van der Waals surface area contributed by atoms with Gasteiger partial charge in [0.25, 0.3) is 11.8 Å². The highest BCUT2D eigenvalue weighted by molar-refractivity contribution is 6.42. The summed E-state index contributed by atoms with van der Waals surface area (Å²) < 4.78 is 26.3. The van der Waals surface area contributed by atoms with E-state index in [4.69, 9.17) is 28.9 Å². The molecular weight excluding hydrogens is 363 g/mol. The van der Waals surface area contributed by atoms with Gasteiger partial charge >= 0.3 is 0 Å². The van der Waals surface area contributed by atoms with Crippen molar-refractivity contribution in [3.63, 3.8) is 0 Å². The number of carbonyl (C=O) groups excluding carboxylic acids is 2. The molecule has 3 N–H and O–H groups in total. The summed E-state index contributed by atoms with van der Waals surface area (Å²) in [7, 11) is 0. The first-order valence-electron chi connectivity index (χ1n) is 7.37. The Balaban J connectivity index is 2.07. The Morgan fingerprint density at radius 1 is 1.33 bits per heavy atom. The maximum atomic E-state index is 13.2. The Morgan fingerprint density at radius 3 is 2.67 bits per heavy atom. The van der Waals surface area contributed by atoms with Crippen LogP contribution >= 0.6 is 23.2 Å². The summed E-state index contributed by atoms with van der Waals surface area (Å²) in [6.45, 7) is -1.35. The zero-order valence-corrected chi connectivity index (χ0v) is 14.2. The van der Waals surface area contributed by atoms with Crippen molar-refractivity contribution in [3.05, 3.63) is 33.8 Å². The maximum absolute atomic E-state index is 13.2. The third-order valence-corrected chi connectivity index (χ3v) is 4.54. The molecule has 9 heteroatoms. The first kappa shape index (κ1) is 18.9. The van der Waals surface area contributed by atoms with Gasteiger partial charge in [0.2, 0.25) is 5.91 Å². The van der Waals surface area contributed by atoms with Crippen LogP contribution in [0.5, 0.6) is 0 Å². The van der Waals surface area contributed by atoms with Gasteiger partial charge < -0.3 is 16.0 Å². The molecule has 1 aromatic carbocycles. The van der Waals surface area contributed by atoms with Crippen LogP contribution in [0.3, 0.4) is 0 Å². The number of amides is 2. The normalized spacial score (nSPS) is 17.9. The van der Waals surface area contributed by atoms with Crippen molar-refractivity contribution in [2.75, 3.05) is 19.6 Å². The van der Waals surface area contributed by atoms with Gasteiger partial charge in [0.05, 0.1) is 23.1 Å². The van der Waals surface area contributed by atoms with Gasteiger partial charge in [-0.3, -0.25) is 9.59 Å².